The third-order valence-electron chi connectivity index (χ3n) is 3.11. The smallest absolute Gasteiger partial charge is 0.195 e. The van der Waals surface area contributed by atoms with E-state index in [9.17, 15) is 0 Å². The van der Waals surface area contributed by atoms with Crippen LogP contribution in [0.4, 0.5) is 0 Å². The van der Waals surface area contributed by atoms with Crippen molar-refractivity contribution in [3.8, 4) is 0 Å². The van der Waals surface area contributed by atoms with Gasteiger partial charge in [-0.05, 0) is 13.0 Å². The van der Waals surface area contributed by atoms with Crippen LogP contribution >= 0.6 is 0 Å². The lowest BCUT2D eigenvalue weighted by molar-refractivity contribution is 0.473. The van der Waals surface area contributed by atoms with Crippen LogP contribution in [-0.2, 0) is 6.54 Å². The van der Waals surface area contributed by atoms with Crippen molar-refractivity contribution < 1.29 is 4.42 Å². The maximum Gasteiger partial charge on any atom is 0.195 e. The maximum absolute atomic E-state index is 5.86. The number of furan rings is 1. The number of guanidine groups is 1. The molecule has 0 amide bonds. The molecule has 0 saturated carbocycles. The fourth-order valence-corrected chi connectivity index (χ4v) is 2.20. The number of fused-ring (bicyclic) bond motifs is 1. The highest BCUT2D eigenvalue weighted by Crippen LogP contribution is 2.25. The van der Waals surface area contributed by atoms with Crippen LogP contribution in [0, 0.1) is 6.92 Å². The first-order valence-corrected chi connectivity index (χ1v) is 6.37. The molecule has 0 N–H and O–H groups in total. The zero-order valence-corrected chi connectivity index (χ0v) is 12.3. The van der Waals surface area contributed by atoms with Crippen molar-refractivity contribution in [2.24, 2.45) is 4.99 Å². The first-order valence-electron chi connectivity index (χ1n) is 6.37. The van der Waals surface area contributed by atoms with Gasteiger partial charge >= 0.3 is 0 Å². The van der Waals surface area contributed by atoms with E-state index in [1.165, 1.54) is 10.9 Å². The Morgan fingerprint density at radius 3 is 2.32 bits per heavy atom. The van der Waals surface area contributed by atoms with Gasteiger partial charge in [0, 0.05) is 39.1 Å². The highest BCUT2D eigenvalue weighted by Gasteiger charge is 2.10. The predicted molar refractivity (Wildman–Crippen MR) is 79.5 cm³/mol. The Morgan fingerprint density at radius 1 is 1.11 bits per heavy atom. The van der Waals surface area contributed by atoms with Gasteiger partial charge in [0.25, 0.3) is 0 Å². The lowest BCUT2D eigenvalue weighted by Gasteiger charge is -2.22. The summed E-state index contributed by atoms with van der Waals surface area (Å²) >= 11 is 0. The number of hydrogen-bond acceptors (Lipinski definition) is 2. The summed E-state index contributed by atoms with van der Waals surface area (Å²) in [7, 11) is 7.96. The van der Waals surface area contributed by atoms with E-state index in [0.717, 1.165) is 17.3 Å². The number of benzene rings is 1. The highest BCUT2D eigenvalue weighted by molar-refractivity contribution is 5.82. The van der Waals surface area contributed by atoms with Gasteiger partial charge in [0.1, 0.15) is 17.9 Å². The van der Waals surface area contributed by atoms with Crippen LogP contribution in [-0.4, -0.2) is 44.0 Å². The van der Waals surface area contributed by atoms with Gasteiger partial charge in [0.15, 0.2) is 5.96 Å². The molecule has 2 aromatic rings. The molecule has 102 valence electrons. The molecular weight excluding hydrogens is 238 g/mol. The van der Waals surface area contributed by atoms with E-state index in [4.69, 9.17) is 4.42 Å². The summed E-state index contributed by atoms with van der Waals surface area (Å²) in [5.74, 6) is 1.86. The molecule has 1 heterocycles. The number of para-hydroxylation sites is 1. The number of aliphatic imine (C=N–C) groups is 1. The van der Waals surface area contributed by atoms with E-state index >= 15 is 0 Å². The van der Waals surface area contributed by atoms with Gasteiger partial charge in [-0.3, -0.25) is 0 Å². The topological polar surface area (TPSA) is 32.0 Å². The van der Waals surface area contributed by atoms with Crippen LogP contribution in [0.1, 0.15) is 11.3 Å². The zero-order chi connectivity index (χ0) is 14.0. The Bertz CT molecular complexity index is 586. The van der Waals surface area contributed by atoms with Crippen LogP contribution in [0.15, 0.2) is 33.7 Å². The Labute approximate surface area is 114 Å². The predicted octanol–water partition coefficient (Wildman–Crippen LogP) is 2.72. The molecule has 0 aliphatic rings. The summed E-state index contributed by atoms with van der Waals surface area (Å²) in [6.07, 6.45) is 0. The second kappa shape index (κ2) is 5.34. The lowest BCUT2D eigenvalue weighted by atomic mass is 10.1. The molecule has 0 aliphatic heterocycles. The Balaban J connectivity index is 2.31. The molecule has 0 atom stereocenters. The second-order valence-corrected chi connectivity index (χ2v) is 5.05. The molecule has 4 nitrogen and oxygen atoms in total. The monoisotopic (exact) mass is 259 g/mol. The molecule has 0 radical (unpaired) electrons. The van der Waals surface area contributed by atoms with Crippen LogP contribution in [0.25, 0.3) is 11.0 Å². The van der Waals surface area contributed by atoms with E-state index in [1.54, 1.807) is 0 Å². The minimum absolute atomic E-state index is 0.562. The van der Waals surface area contributed by atoms with E-state index in [1.807, 2.05) is 56.2 Å². The normalized spacial score (nSPS) is 10.6. The average Bonchev–Trinajstić information content (AvgIpc) is 2.66. The van der Waals surface area contributed by atoms with Crippen molar-refractivity contribution in [1.82, 2.24) is 9.80 Å². The molecule has 1 aromatic carbocycles. The third-order valence-corrected chi connectivity index (χ3v) is 3.11. The zero-order valence-electron chi connectivity index (χ0n) is 12.3. The third kappa shape index (κ3) is 2.72. The molecule has 0 fully saturated rings. The van der Waals surface area contributed by atoms with Gasteiger partial charge in [0.05, 0.1) is 0 Å². The fourth-order valence-electron chi connectivity index (χ4n) is 2.20. The molecule has 0 unspecified atom stereocenters. The Morgan fingerprint density at radius 2 is 1.74 bits per heavy atom. The summed E-state index contributed by atoms with van der Waals surface area (Å²) in [6.45, 7) is 2.65. The number of hydrogen-bond donors (Lipinski definition) is 0. The minimum Gasteiger partial charge on any atom is -0.459 e. The first kappa shape index (κ1) is 13.5. The van der Waals surface area contributed by atoms with Gasteiger partial charge in [-0.2, -0.15) is 0 Å². The lowest BCUT2D eigenvalue weighted by Crippen LogP contribution is -2.35. The summed E-state index contributed by atoms with van der Waals surface area (Å²) in [4.78, 5) is 8.62. The molecule has 2 rings (SSSR count). The second-order valence-electron chi connectivity index (χ2n) is 5.05. The van der Waals surface area contributed by atoms with Gasteiger partial charge < -0.3 is 14.2 Å². The Hall–Kier alpha value is -1.97. The molecule has 19 heavy (non-hydrogen) atoms. The van der Waals surface area contributed by atoms with Crippen LogP contribution in [0.2, 0.25) is 0 Å². The van der Waals surface area contributed by atoms with Crippen LogP contribution in [0.5, 0.6) is 0 Å². The average molecular weight is 259 g/mol. The van der Waals surface area contributed by atoms with Crippen LogP contribution < -0.4 is 0 Å². The molecular formula is C15H21N3O. The standard InChI is InChI=1S/C15H21N3O/c1-11-12-8-6-7-9-13(12)19-14(11)10-16-15(17(2)3)18(4)5/h6-9H,10H2,1-5H3. The molecule has 0 spiro atoms. The fraction of sp³-hybridized carbons (Fsp3) is 0.400. The molecule has 4 heteroatoms. The Kier molecular flexibility index (Phi) is 3.79. The van der Waals surface area contributed by atoms with E-state index in [0.29, 0.717) is 6.54 Å². The largest absolute Gasteiger partial charge is 0.459 e. The van der Waals surface area contributed by atoms with Crippen molar-refractivity contribution in [2.75, 3.05) is 28.2 Å². The number of nitrogens with zero attached hydrogens (tertiary/aromatic N) is 3. The van der Waals surface area contributed by atoms with Gasteiger partial charge in [-0.15, -0.1) is 0 Å². The molecule has 0 aliphatic carbocycles. The number of rotatable bonds is 2. The molecule has 0 saturated heterocycles. The van der Waals surface area contributed by atoms with Gasteiger partial charge in [-0.25, -0.2) is 4.99 Å². The SMILES string of the molecule is Cc1c(CN=C(N(C)C)N(C)C)oc2ccccc12. The van der Waals surface area contributed by atoms with Crippen molar-refractivity contribution in [3.05, 3.63) is 35.6 Å². The van der Waals surface area contributed by atoms with E-state index in [2.05, 4.69) is 18.0 Å². The summed E-state index contributed by atoms with van der Waals surface area (Å²) in [5.41, 5.74) is 2.11. The summed E-state index contributed by atoms with van der Waals surface area (Å²) in [5, 5.41) is 1.17. The quantitative estimate of drug-likeness (QED) is 0.614. The summed E-state index contributed by atoms with van der Waals surface area (Å²) < 4.78 is 5.86. The minimum atomic E-state index is 0.562. The van der Waals surface area contributed by atoms with Crippen molar-refractivity contribution in [3.63, 3.8) is 0 Å². The maximum atomic E-state index is 5.86. The van der Waals surface area contributed by atoms with Gasteiger partial charge in [0.2, 0.25) is 0 Å². The summed E-state index contributed by atoms with van der Waals surface area (Å²) in [6, 6.07) is 8.10. The first-order chi connectivity index (χ1) is 9.00. The van der Waals surface area contributed by atoms with Crippen LogP contribution in [0.3, 0.4) is 0 Å². The number of aryl methyl sites for hydroxylation is 1. The van der Waals surface area contributed by atoms with E-state index < -0.39 is 0 Å². The van der Waals surface area contributed by atoms with E-state index in [-0.39, 0.29) is 0 Å². The van der Waals surface area contributed by atoms with Crippen molar-refractivity contribution in [2.45, 2.75) is 13.5 Å². The van der Waals surface area contributed by atoms with Crippen molar-refractivity contribution in [1.29, 1.82) is 0 Å². The van der Waals surface area contributed by atoms with Gasteiger partial charge in [-0.1, -0.05) is 18.2 Å². The van der Waals surface area contributed by atoms with Crippen molar-refractivity contribution >= 4 is 16.9 Å². The highest BCUT2D eigenvalue weighted by atomic mass is 16.3. The molecule has 1 aromatic heterocycles. The molecule has 0 bridgehead atoms.